The van der Waals surface area contributed by atoms with E-state index in [1.54, 1.807) is 4.57 Å². The second kappa shape index (κ2) is 8.96. The number of hydrogen-bond donors (Lipinski definition) is 4. The second-order valence-electron chi connectivity index (χ2n) is 7.94. The van der Waals surface area contributed by atoms with Crippen molar-refractivity contribution < 1.29 is 24.4 Å². The molecule has 4 heterocycles. The van der Waals surface area contributed by atoms with Crippen LogP contribution in [0.25, 0.3) is 11.2 Å². The number of hydrogen-bond acceptors (Lipinski definition) is 10. The van der Waals surface area contributed by atoms with Gasteiger partial charge in [0.1, 0.15) is 24.6 Å². The number of nitrogens with two attached hydrogens (primary N) is 1. The Balaban J connectivity index is 1.41. The van der Waals surface area contributed by atoms with Crippen LogP contribution in [0.3, 0.4) is 0 Å². The summed E-state index contributed by atoms with van der Waals surface area (Å²) in [6, 6.07) is 9.81. The van der Waals surface area contributed by atoms with Crippen molar-refractivity contribution in [3.05, 3.63) is 42.2 Å². The molecule has 2 aliphatic rings. The number of anilines is 2. The van der Waals surface area contributed by atoms with E-state index in [0.717, 1.165) is 12.0 Å². The number of aliphatic hydroxyl groups excluding tert-OH is 2. The zero-order chi connectivity index (χ0) is 22.1. The third-order valence-electron chi connectivity index (χ3n) is 5.77. The Kier molecular flexibility index (Phi) is 5.89. The van der Waals surface area contributed by atoms with Gasteiger partial charge in [-0.15, -0.1) is 0 Å². The highest BCUT2D eigenvalue weighted by Gasteiger charge is 2.45. The van der Waals surface area contributed by atoms with Crippen molar-refractivity contribution in [3.63, 3.8) is 0 Å². The van der Waals surface area contributed by atoms with E-state index in [1.165, 1.54) is 6.33 Å². The molecule has 5 rings (SSSR count). The molecule has 1 aromatic carbocycles. The molecule has 5 atom stereocenters. The van der Waals surface area contributed by atoms with E-state index in [4.69, 9.17) is 19.9 Å². The number of benzene rings is 1. The van der Waals surface area contributed by atoms with Gasteiger partial charge in [0.05, 0.1) is 19.3 Å². The van der Waals surface area contributed by atoms with Crippen LogP contribution in [-0.2, 0) is 20.8 Å². The van der Waals surface area contributed by atoms with Crippen molar-refractivity contribution in [2.24, 2.45) is 0 Å². The smallest absolute Gasteiger partial charge is 0.207 e. The fraction of sp³-hybridized carbons (Fsp3) is 0.476. The predicted molar refractivity (Wildman–Crippen MR) is 115 cm³/mol. The van der Waals surface area contributed by atoms with Gasteiger partial charge >= 0.3 is 0 Å². The monoisotopic (exact) mass is 442 g/mol. The minimum atomic E-state index is -1.21. The van der Waals surface area contributed by atoms with E-state index in [0.29, 0.717) is 36.9 Å². The summed E-state index contributed by atoms with van der Waals surface area (Å²) in [5.74, 6) is 0.615. The molecular formula is C21H26N6O5. The van der Waals surface area contributed by atoms with Crippen LogP contribution < -0.4 is 11.1 Å². The van der Waals surface area contributed by atoms with Crippen LogP contribution in [0.5, 0.6) is 0 Å². The molecule has 0 unspecified atom stereocenters. The van der Waals surface area contributed by atoms with Crippen molar-refractivity contribution in [2.45, 2.75) is 43.6 Å². The molecule has 0 saturated carbocycles. The Hall–Kier alpha value is -2.83. The Morgan fingerprint density at radius 3 is 2.81 bits per heavy atom. The molecule has 2 aliphatic heterocycles. The standard InChI is InChI=1S/C21H26N6O5/c22-18-15-19(25-11-24-18)27(21(26-15)23-8-12-4-2-1-3-5-12)20-17(29)16(28)14(32-20)10-31-13-6-7-30-9-13/h1-5,11,13-14,16-17,20,28-29H,6-10H2,(H,23,26)(H2,22,24,25)/t13-,14-,16-,17-,20-/m1/s1. The molecule has 2 saturated heterocycles. The molecular weight excluding hydrogens is 416 g/mol. The lowest BCUT2D eigenvalue weighted by molar-refractivity contribution is -0.0804. The Morgan fingerprint density at radius 2 is 2.03 bits per heavy atom. The van der Waals surface area contributed by atoms with Crippen LogP contribution in [0.1, 0.15) is 18.2 Å². The molecule has 11 nitrogen and oxygen atoms in total. The predicted octanol–water partition coefficient (Wildman–Crippen LogP) is 0.445. The molecule has 0 bridgehead atoms. The van der Waals surface area contributed by atoms with Crippen LogP contribution in [0.2, 0.25) is 0 Å². The minimum absolute atomic E-state index is 0.0355. The summed E-state index contributed by atoms with van der Waals surface area (Å²) in [5.41, 5.74) is 7.84. The summed E-state index contributed by atoms with van der Waals surface area (Å²) < 4.78 is 18.8. The number of imidazole rings is 1. The van der Waals surface area contributed by atoms with Crippen molar-refractivity contribution in [3.8, 4) is 0 Å². The number of aliphatic hydroxyl groups is 2. The first kappa shape index (κ1) is 21.0. The second-order valence-corrected chi connectivity index (χ2v) is 7.94. The summed E-state index contributed by atoms with van der Waals surface area (Å²) in [5, 5.41) is 24.7. The molecule has 2 fully saturated rings. The van der Waals surface area contributed by atoms with Gasteiger partial charge in [-0.3, -0.25) is 4.57 Å². The van der Waals surface area contributed by atoms with Gasteiger partial charge in [0.2, 0.25) is 5.95 Å². The van der Waals surface area contributed by atoms with E-state index in [2.05, 4.69) is 20.3 Å². The third-order valence-corrected chi connectivity index (χ3v) is 5.77. The number of rotatable bonds is 7. The van der Waals surface area contributed by atoms with Crippen LogP contribution in [0, 0.1) is 0 Å². The lowest BCUT2D eigenvalue weighted by atomic mass is 10.1. The average molecular weight is 442 g/mol. The van der Waals surface area contributed by atoms with Gasteiger partial charge in [0.25, 0.3) is 0 Å². The lowest BCUT2D eigenvalue weighted by Crippen LogP contribution is -2.35. The fourth-order valence-electron chi connectivity index (χ4n) is 4.02. The maximum Gasteiger partial charge on any atom is 0.207 e. The van der Waals surface area contributed by atoms with Gasteiger partial charge in [-0.2, -0.15) is 0 Å². The number of nitrogen functional groups attached to an aromatic ring is 1. The molecule has 0 aliphatic carbocycles. The molecule has 11 heteroatoms. The molecule has 0 spiro atoms. The van der Waals surface area contributed by atoms with Gasteiger partial charge in [-0.1, -0.05) is 30.3 Å². The van der Waals surface area contributed by atoms with Gasteiger partial charge in [-0.25, -0.2) is 15.0 Å². The number of aromatic nitrogens is 4. The van der Waals surface area contributed by atoms with Crippen LogP contribution in [0.4, 0.5) is 11.8 Å². The summed E-state index contributed by atoms with van der Waals surface area (Å²) in [6.07, 6.45) is -1.91. The summed E-state index contributed by atoms with van der Waals surface area (Å²) >= 11 is 0. The molecule has 5 N–H and O–H groups in total. The van der Waals surface area contributed by atoms with Gasteiger partial charge in [0.15, 0.2) is 23.2 Å². The highest BCUT2D eigenvalue weighted by atomic mass is 16.6. The molecule has 3 aromatic rings. The zero-order valence-electron chi connectivity index (χ0n) is 17.4. The van der Waals surface area contributed by atoms with Crippen molar-refractivity contribution >= 4 is 22.9 Å². The summed E-state index contributed by atoms with van der Waals surface area (Å²) in [6.45, 7) is 1.80. The van der Waals surface area contributed by atoms with E-state index >= 15 is 0 Å². The molecule has 2 aromatic heterocycles. The minimum Gasteiger partial charge on any atom is -0.387 e. The van der Waals surface area contributed by atoms with Crippen LogP contribution in [0.15, 0.2) is 36.7 Å². The number of nitrogens with zero attached hydrogens (tertiary/aromatic N) is 4. The van der Waals surface area contributed by atoms with Crippen LogP contribution >= 0.6 is 0 Å². The summed E-state index contributed by atoms with van der Waals surface area (Å²) in [7, 11) is 0. The van der Waals surface area contributed by atoms with Crippen molar-refractivity contribution in [1.29, 1.82) is 0 Å². The zero-order valence-corrected chi connectivity index (χ0v) is 17.4. The molecule has 32 heavy (non-hydrogen) atoms. The van der Waals surface area contributed by atoms with E-state index < -0.39 is 24.5 Å². The van der Waals surface area contributed by atoms with Gasteiger partial charge in [0, 0.05) is 13.2 Å². The van der Waals surface area contributed by atoms with Crippen molar-refractivity contribution in [1.82, 2.24) is 19.5 Å². The molecule has 170 valence electrons. The average Bonchev–Trinajstić information content (AvgIpc) is 3.52. The van der Waals surface area contributed by atoms with Gasteiger partial charge in [-0.05, 0) is 12.0 Å². The maximum atomic E-state index is 10.8. The maximum absolute atomic E-state index is 10.8. The Bertz CT molecular complexity index is 1060. The highest BCUT2D eigenvalue weighted by molar-refractivity contribution is 5.84. The van der Waals surface area contributed by atoms with Crippen molar-refractivity contribution in [2.75, 3.05) is 30.9 Å². The molecule has 0 radical (unpaired) electrons. The first-order chi connectivity index (χ1) is 15.6. The lowest BCUT2D eigenvalue weighted by Gasteiger charge is -2.20. The van der Waals surface area contributed by atoms with Gasteiger partial charge < -0.3 is 35.5 Å². The third kappa shape index (κ3) is 4.00. The van der Waals surface area contributed by atoms with Crippen LogP contribution in [-0.4, -0.2) is 74.0 Å². The first-order valence-corrected chi connectivity index (χ1v) is 10.6. The number of ether oxygens (including phenoxy) is 3. The largest absolute Gasteiger partial charge is 0.387 e. The number of nitrogens with one attached hydrogen (secondary N) is 1. The fourth-order valence-corrected chi connectivity index (χ4v) is 4.02. The topological polar surface area (TPSA) is 150 Å². The Labute approximate surface area is 184 Å². The molecule has 0 amide bonds. The summed E-state index contributed by atoms with van der Waals surface area (Å²) in [4.78, 5) is 12.9. The van der Waals surface area contributed by atoms with E-state index in [1.807, 2.05) is 30.3 Å². The van der Waals surface area contributed by atoms with E-state index in [9.17, 15) is 10.2 Å². The normalized spacial score (nSPS) is 27.9. The highest BCUT2D eigenvalue weighted by Crippen LogP contribution is 2.35. The SMILES string of the molecule is Nc1ncnc2c1nc(NCc1ccccc1)n2[C@@H]1O[C@H](CO[C@@H]2CCOC2)[C@@H](O)[C@H]1O. The van der Waals surface area contributed by atoms with E-state index in [-0.39, 0.29) is 18.5 Å². The number of fused-ring (bicyclic) bond motifs is 1. The Morgan fingerprint density at radius 1 is 1.19 bits per heavy atom. The quantitative estimate of drug-likeness (QED) is 0.406. The first-order valence-electron chi connectivity index (χ1n) is 10.6.